The van der Waals surface area contributed by atoms with Crippen LogP contribution >= 0.6 is 0 Å². The van der Waals surface area contributed by atoms with E-state index in [2.05, 4.69) is 0 Å². The highest BCUT2D eigenvalue weighted by molar-refractivity contribution is 5.96. The van der Waals surface area contributed by atoms with E-state index in [0.29, 0.717) is 0 Å². The molecule has 1 unspecified atom stereocenters. The maximum absolute atomic E-state index is 13.2. The summed E-state index contributed by atoms with van der Waals surface area (Å²) in [5, 5.41) is 9.88. The SMILES string of the molecule is NC(CC(=O)O)C(=O)Nc1c(F)c(F)cc(F)c1F. The molecular formula is C10H8F4N2O3. The molecule has 1 atom stereocenters. The van der Waals surface area contributed by atoms with Crippen LogP contribution in [-0.2, 0) is 9.59 Å². The molecule has 0 aliphatic heterocycles. The molecule has 0 fully saturated rings. The van der Waals surface area contributed by atoms with E-state index in [1.54, 1.807) is 0 Å². The highest BCUT2D eigenvalue weighted by atomic mass is 19.2. The highest BCUT2D eigenvalue weighted by Gasteiger charge is 2.24. The quantitative estimate of drug-likeness (QED) is 0.566. The summed E-state index contributed by atoms with van der Waals surface area (Å²) in [5.41, 5.74) is 3.76. The summed E-state index contributed by atoms with van der Waals surface area (Å²) in [4.78, 5) is 21.6. The standard InChI is InChI=1S/C10H8F4N2O3/c11-3-1-4(12)8(14)9(7(3)13)16-10(19)5(15)2-6(17)18/h1,5H,2,15H2,(H,16,19)(H,17,18). The first-order chi connectivity index (χ1) is 8.73. The second-order valence-electron chi connectivity index (χ2n) is 3.54. The van der Waals surface area contributed by atoms with Crippen LogP contribution in [0.15, 0.2) is 6.07 Å². The first-order valence-electron chi connectivity index (χ1n) is 4.85. The number of aliphatic carboxylic acids is 1. The number of carboxylic acids is 1. The summed E-state index contributed by atoms with van der Waals surface area (Å²) < 4.78 is 52.0. The van der Waals surface area contributed by atoms with E-state index in [0.717, 1.165) is 0 Å². The molecule has 0 aliphatic carbocycles. The lowest BCUT2D eigenvalue weighted by Gasteiger charge is -2.12. The van der Waals surface area contributed by atoms with Gasteiger partial charge in [-0.15, -0.1) is 0 Å². The number of carbonyl (C=O) groups is 2. The van der Waals surface area contributed by atoms with Gasteiger partial charge < -0.3 is 16.2 Å². The van der Waals surface area contributed by atoms with Crippen LogP contribution in [0.1, 0.15) is 6.42 Å². The van der Waals surface area contributed by atoms with Crippen molar-refractivity contribution in [3.8, 4) is 0 Å². The van der Waals surface area contributed by atoms with Crippen LogP contribution < -0.4 is 11.1 Å². The van der Waals surface area contributed by atoms with Crippen LogP contribution in [-0.4, -0.2) is 23.0 Å². The number of amides is 1. The van der Waals surface area contributed by atoms with Crippen LogP contribution in [0, 0.1) is 23.3 Å². The Bertz CT molecular complexity index is 510. The molecule has 5 nitrogen and oxygen atoms in total. The van der Waals surface area contributed by atoms with Gasteiger partial charge in [-0.25, -0.2) is 17.6 Å². The van der Waals surface area contributed by atoms with Gasteiger partial charge in [-0.2, -0.15) is 0 Å². The van der Waals surface area contributed by atoms with E-state index >= 15 is 0 Å². The zero-order valence-electron chi connectivity index (χ0n) is 9.21. The number of anilines is 1. The minimum absolute atomic E-state index is 0.0303. The average molecular weight is 280 g/mol. The maximum atomic E-state index is 13.2. The number of carboxylic acid groups (broad SMARTS) is 1. The summed E-state index contributed by atoms with van der Waals surface area (Å²) in [5.74, 6) is -9.74. The molecule has 9 heteroatoms. The van der Waals surface area contributed by atoms with Gasteiger partial charge in [0.05, 0.1) is 12.5 Å². The lowest BCUT2D eigenvalue weighted by atomic mass is 10.2. The second kappa shape index (κ2) is 5.65. The fourth-order valence-corrected chi connectivity index (χ4v) is 1.18. The first-order valence-corrected chi connectivity index (χ1v) is 4.85. The smallest absolute Gasteiger partial charge is 0.305 e. The van der Waals surface area contributed by atoms with Gasteiger partial charge in [-0.05, 0) is 0 Å². The van der Waals surface area contributed by atoms with Gasteiger partial charge in [0.1, 0.15) is 5.69 Å². The zero-order valence-corrected chi connectivity index (χ0v) is 9.21. The Morgan fingerprint density at radius 3 is 2.11 bits per heavy atom. The highest BCUT2D eigenvalue weighted by Crippen LogP contribution is 2.24. The predicted molar refractivity (Wildman–Crippen MR) is 55.1 cm³/mol. The molecule has 0 aromatic heterocycles. The fraction of sp³-hybridized carbons (Fsp3) is 0.200. The lowest BCUT2D eigenvalue weighted by molar-refractivity contribution is -0.138. The van der Waals surface area contributed by atoms with Crippen molar-refractivity contribution in [1.82, 2.24) is 0 Å². The first kappa shape index (κ1) is 14.9. The van der Waals surface area contributed by atoms with Crippen molar-refractivity contribution >= 4 is 17.6 Å². The molecule has 0 heterocycles. The van der Waals surface area contributed by atoms with Crippen LogP contribution in [0.5, 0.6) is 0 Å². The molecule has 0 radical (unpaired) electrons. The topological polar surface area (TPSA) is 92.4 Å². The molecule has 1 aromatic rings. The van der Waals surface area contributed by atoms with Crippen LogP contribution in [0.4, 0.5) is 23.2 Å². The molecule has 0 saturated heterocycles. The monoisotopic (exact) mass is 280 g/mol. The number of halogens is 4. The third-order valence-electron chi connectivity index (χ3n) is 2.09. The molecule has 4 N–H and O–H groups in total. The van der Waals surface area contributed by atoms with E-state index in [-0.39, 0.29) is 6.07 Å². The van der Waals surface area contributed by atoms with Gasteiger partial charge >= 0.3 is 5.97 Å². The summed E-state index contributed by atoms with van der Waals surface area (Å²) in [6.45, 7) is 0. The summed E-state index contributed by atoms with van der Waals surface area (Å²) in [6, 6.07) is -1.65. The van der Waals surface area contributed by atoms with E-state index < -0.39 is 53.3 Å². The Morgan fingerprint density at radius 1 is 1.21 bits per heavy atom. The van der Waals surface area contributed by atoms with Crippen molar-refractivity contribution in [3.63, 3.8) is 0 Å². The number of rotatable bonds is 4. The molecule has 0 spiro atoms. The van der Waals surface area contributed by atoms with Crippen molar-refractivity contribution in [2.75, 3.05) is 5.32 Å². The van der Waals surface area contributed by atoms with Gasteiger partial charge in [-0.3, -0.25) is 9.59 Å². The average Bonchev–Trinajstić information content (AvgIpc) is 2.31. The molecule has 1 rings (SSSR count). The van der Waals surface area contributed by atoms with E-state index in [4.69, 9.17) is 10.8 Å². The Kier molecular flexibility index (Phi) is 4.43. The van der Waals surface area contributed by atoms with Crippen LogP contribution in [0.2, 0.25) is 0 Å². The Balaban J connectivity index is 3.00. The van der Waals surface area contributed by atoms with Gasteiger partial charge in [0.15, 0.2) is 23.3 Å². The predicted octanol–water partition coefficient (Wildman–Crippen LogP) is 0.983. The van der Waals surface area contributed by atoms with E-state index in [1.165, 1.54) is 5.32 Å². The minimum atomic E-state index is -1.81. The van der Waals surface area contributed by atoms with Crippen molar-refractivity contribution < 1.29 is 32.3 Å². The molecule has 1 aromatic carbocycles. The number of nitrogens with two attached hydrogens (primary N) is 1. The van der Waals surface area contributed by atoms with Crippen molar-refractivity contribution in [2.24, 2.45) is 5.73 Å². The van der Waals surface area contributed by atoms with Gasteiger partial charge in [0.25, 0.3) is 0 Å². The molecule has 19 heavy (non-hydrogen) atoms. The summed E-state index contributed by atoms with van der Waals surface area (Å²) in [6.07, 6.45) is -0.813. The number of hydrogen-bond acceptors (Lipinski definition) is 3. The van der Waals surface area contributed by atoms with Crippen molar-refractivity contribution in [3.05, 3.63) is 29.3 Å². The lowest BCUT2D eigenvalue weighted by Crippen LogP contribution is -2.38. The summed E-state index contributed by atoms with van der Waals surface area (Å²) in [7, 11) is 0. The normalized spacial score (nSPS) is 12.1. The third-order valence-corrected chi connectivity index (χ3v) is 2.09. The number of nitrogens with one attached hydrogen (secondary N) is 1. The third kappa shape index (κ3) is 3.41. The van der Waals surface area contributed by atoms with Crippen molar-refractivity contribution in [1.29, 1.82) is 0 Å². The second-order valence-corrected chi connectivity index (χ2v) is 3.54. The minimum Gasteiger partial charge on any atom is -0.481 e. The Labute approximate surface area is 104 Å². The van der Waals surface area contributed by atoms with E-state index in [1.807, 2.05) is 0 Å². The molecule has 104 valence electrons. The number of benzene rings is 1. The van der Waals surface area contributed by atoms with E-state index in [9.17, 15) is 27.2 Å². The van der Waals surface area contributed by atoms with Gasteiger partial charge in [0.2, 0.25) is 5.91 Å². The number of carbonyl (C=O) groups excluding carboxylic acids is 1. The fourth-order valence-electron chi connectivity index (χ4n) is 1.18. The summed E-state index contributed by atoms with van der Waals surface area (Å²) >= 11 is 0. The van der Waals surface area contributed by atoms with Crippen LogP contribution in [0.25, 0.3) is 0 Å². The number of hydrogen-bond donors (Lipinski definition) is 3. The molecule has 0 aliphatic rings. The molecule has 0 bridgehead atoms. The molecule has 0 saturated carbocycles. The Hall–Kier alpha value is -2.16. The van der Waals surface area contributed by atoms with Crippen LogP contribution in [0.3, 0.4) is 0 Å². The van der Waals surface area contributed by atoms with Gasteiger partial charge in [-0.1, -0.05) is 0 Å². The molecule has 1 amide bonds. The van der Waals surface area contributed by atoms with Gasteiger partial charge in [0, 0.05) is 6.07 Å². The largest absolute Gasteiger partial charge is 0.481 e. The maximum Gasteiger partial charge on any atom is 0.305 e. The zero-order chi connectivity index (χ0) is 14.7. The van der Waals surface area contributed by atoms with Crippen molar-refractivity contribution in [2.45, 2.75) is 12.5 Å². The Morgan fingerprint density at radius 2 is 1.68 bits per heavy atom. The molecular weight excluding hydrogens is 272 g/mol.